The first-order valence-electron chi connectivity index (χ1n) is 18.6. The highest BCUT2D eigenvalue weighted by Crippen LogP contribution is 2.44. The second kappa shape index (κ2) is 15.8. The van der Waals surface area contributed by atoms with Crippen molar-refractivity contribution in [2.24, 2.45) is 0 Å². The first kappa shape index (κ1) is 43.7. The Kier molecular flexibility index (Phi) is 10.3. The number of benzene rings is 4. The van der Waals surface area contributed by atoms with Gasteiger partial charge in [-0.05, 0) is 60.7 Å². The molecule has 67 heavy (non-hydrogen) atoms. The summed E-state index contributed by atoms with van der Waals surface area (Å²) in [6.07, 6.45) is 3.00. The second-order valence-corrected chi connectivity index (χ2v) is 14.3. The van der Waals surface area contributed by atoms with Gasteiger partial charge in [0.05, 0.1) is 62.7 Å². The summed E-state index contributed by atoms with van der Waals surface area (Å²) < 4.78 is 228. The number of nitrogens with zero attached hydrogens (tertiary/aromatic N) is 4. The van der Waals surface area contributed by atoms with Gasteiger partial charge in [-0.2, -0.15) is 10.5 Å². The van der Waals surface area contributed by atoms with Crippen LogP contribution in [0.3, 0.4) is 0 Å². The highest BCUT2D eigenvalue weighted by atomic mass is 19.2. The zero-order valence-electron chi connectivity index (χ0n) is 32.3. The van der Waals surface area contributed by atoms with Gasteiger partial charge in [-0.1, -0.05) is 6.07 Å². The van der Waals surface area contributed by atoms with E-state index in [0.29, 0.717) is 0 Å². The summed E-state index contributed by atoms with van der Waals surface area (Å²) in [6, 6.07) is 11.7. The predicted molar refractivity (Wildman–Crippen MR) is 209 cm³/mol. The first-order chi connectivity index (χ1) is 31.9. The van der Waals surface area contributed by atoms with Crippen molar-refractivity contribution < 1.29 is 65.9 Å². The Bertz CT molecular complexity index is 3460. The minimum atomic E-state index is -2.65. The molecule has 0 atom stereocenters. The van der Waals surface area contributed by atoms with Crippen molar-refractivity contribution in [2.45, 2.75) is 0 Å². The molecule has 0 aliphatic carbocycles. The number of aromatic nitrogens is 4. The highest BCUT2D eigenvalue weighted by molar-refractivity contribution is 6.02. The number of rotatable bonds is 4. The van der Waals surface area contributed by atoms with Gasteiger partial charge in [-0.15, -0.1) is 0 Å². The number of nitrogens with one attached hydrogen (secondary N) is 2. The maximum atomic E-state index is 15.9. The minimum absolute atomic E-state index is 0.226. The van der Waals surface area contributed by atoms with Crippen LogP contribution in [0.1, 0.15) is 33.9 Å². The summed E-state index contributed by atoms with van der Waals surface area (Å²) in [6.45, 7) is 0. The highest BCUT2D eigenvalue weighted by Gasteiger charge is 2.34. The third-order valence-electron chi connectivity index (χ3n) is 10.7. The van der Waals surface area contributed by atoms with Gasteiger partial charge < -0.3 is 9.97 Å². The van der Waals surface area contributed by atoms with E-state index in [2.05, 4.69) is 19.9 Å². The molecule has 7 aromatic rings. The summed E-state index contributed by atoms with van der Waals surface area (Å²) in [7, 11) is 0. The molecule has 0 spiro atoms. The molecule has 9 rings (SSSR count). The largest absolute Gasteiger partial charge is 0.354 e. The van der Waals surface area contributed by atoms with E-state index in [1.807, 2.05) is 12.1 Å². The van der Waals surface area contributed by atoms with Crippen LogP contribution in [-0.2, 0) is 0 Å². The average Bonchev–Trinajstić information content (AvgIpc) is 4.19. The molecule has 2 N–H and O–H groups in total. The molecule has 6 nitrogen and oxygen atoms in total. The lowest BCUT2D eigenvalue weighted by atomic mass is 9.95. The molecule has 5 heterocycles. The lowest BCUT2D eigenvalue weighted by Gasteiger charge is -2.12. The molecule has 332 valence electrons. The van der Waals surface area contributed by atoms with Crippen LogP contribution in [0.2, 0.25) is 0 Å². The fraction of sp³-hybridized carbons (Fsp3) is 0. The van der Waals surface area contributed by atoms with Crippen LogP contribution < -0.4 is 0 Å². The third-order valence-corrected chi connectivity index (χ3v) is 10.7. The van der Waals surface area contributed by atoms with E-state index < -0.39 is 154 Å². The van der Waals surface area contributed by atoms with Crippen LogP contribution in [0.25, 0.3) is 90.9 Å². The van der Waals surface area contributed by atoms with Crippen LogP contribution in [0.15, 0.2) is 42.5 Å². The summed E-state index contributed by atoms with van der Waals surface area (Å²) in [4.78, 5) is 13.6. The summed E-state index contributed by atoms with van der Waals surface area (Å²) in [5.41, 5.74) is -14.4. The fourth-order valence-electron chi connectivity index (χ4n) is 7.74. The van der Waals surface area contributed by atoms with E-state index in [0.717, 1.165) is 48.6 Å². The van der Waals surface area contributed by atoms with Crippen molar-refractivity contribution in [3.63, 3.8) is 0 Å². The lowest BCUT2D eigenvalue weighted by Crippen LogP contribution is -2.06. The minimum Gasteiger partial charge on any atom is -0.354 e. The van der Waals surface area contributed by atoms with E-state index >= 15 is 43.9 Å². The van der Waals surface area contributed by atoms with Crippen LogP contribution in [-0.4, -0.2) is 19.9 Å². The zero-order valence-corrected chi connectivity index (χ0v) is 32.3. The third kappa shape index (κ3) is 6.44. The van der Waals surface area contributed by atoms with Crippen molar-refractivity contribution in [1.29, 1.82) is 10.5 Å². The summed E-state index contributed by atoms with van der Waals surface area (Å²) in [5.74, 6) is -37.6. The topological polar surface area (TPSA) is 105 Å². The molecule has 2 aliphatic heterocycles. The van der Waals surface area contributed by atoms with Gasteiger partial charge in [0.2, 0.25) is 17.5 Å². The number of hydrogen-bond acceptors (Lipinski definition) is 4. The molecule has 4 aromatic carbocycles. The molecule has 2 aliphatic rings. The van der Waals surface area contributed by atoms with Gasteiger partial charge in [-0.3, -0.25) is 0 Å². The van der Waals surface area contributed by atoms with E-state index in [1.165, 1.54) is 18.2 Å². The Morgan fingerprint density at radius 1 is 0.299 bits per heavy atom. The molecule has 0 saturated heterocycles. The Morgan fingerprint density at radius 3 is 0.851 bits per heavy atom. The summed E-state index contributed by atoms with van der Waals surface area (Å²) >= 11 is 0. The molecular formula is C46H13F15N6. The van der Waals surface area contributed by atoms with E-state index in [-0.39, 0.29) is 33.3 Å². The molecule has 3 aromatic heterocycles. The van der Waals surface area contributed by atoms with Gasteiger partial charge in [0.25, 0.3) is 0 Å². The average molecular weight is 935 g/mol. The number of nitriles is 2. The smallest absolute Gasteiger partial charge is 0.200 e. The fourth-order valence-corrected chi connectivity index (χ4v) is 7.74. The number of fused-ring (bicyclic) bond motifs is 8. The molecular weight excluding hydrogens is 922 g/mol. The van der Waals surface area contributed by atoms with Gasteiger partial charge >= 0.3 is 0 Å². The Morgan fingerprint density at radius 2 is 0.552 bits per heavy atom. The predicted octanol–water partition coefficient (Wildman–Crippen LogP) is 13.2. The molecule has 21 heteroatoms. The van der Waals surface area contributed by atoms with Crippen molar-refractivity contribution >= 4 is 46.4 Å². The number of halogens is 15. The van der Waals surface area contributed by atoms with E-state index in [1.54, 1.807) is 0 Å². The number of aromatic amines is 2. The number of hydrogen-bond donors (Lipinski definition) is 2. The SMILES string of the molecule is N#Cc1cccc(C#N)c1-c1c2ccc([nH]2)c(-c2c(F)c(F)c(F)c(F)c2F)c2nc(c(-c3c(F)c(F)c(F)c(F)c3F)c3nc(c(-c4c(F)c(F)c(F)c(F)c4F)c4ccc1[nH]4)C=C3)C=C2. The van der Waals surface area contributed by atoms with Gasteiger partial charge in [0.1, 0.15) is 0 Å². The van der Waals surface area contributed by atoms with Crippen molar-refractivity contribution in [2.75, 3.05) is 0 Å². The van der Waals surface area contributed by atoms with Gasteiger partial charge in [0, 0.05) is 49.9 Å². The van der Waals surface area contributed by atoms with Crippen molar-refractivity contribution in [1.82, 2.24) is 19.9 Å². The quantitative estimate of drug-likeness (QED) is 0.104. The summed E-state index contributed by atoms with van der Waals surface area (Å²) in [5, 5.41) is 20.4. The molecule has 0 unspecified atom stereocenters. The van der Waals surface area contributed by atoms with E-state index in [4.69, 9.17) is 0 Å². The van der Waals surface area contributed by atoms with Gasteiger partial charge in [-0.25, -0.2) is 75.8 Å². The van der Waals surface area contributed by atoms with Crippen LogP contribution in [0.4, 0.5) is 65.9 Å². The van der Waals surface area contributed by atoms with Crippen LogP contribution in [0, 0.1) is 110 Å². The Hall–Kier alpha value is -8.59. The first-order valence-corrected chi connectivity index (χ1v) is 18.6. The van der Waals surface area contributed by atoms with Crippen molar-refractivity contribution in [3.8, 4) is 56.6 Å². The molecule has 0 fully saturated rings. The van der Waals surface area contributed by atoms with E-state index in [9.17, 15) is 32.5 Å². The lowest BCUT2D eigenvalue weighted by molar-refractivity contribution is 0.381. The molecule has 0 saturated carbocycles. The van der Waals surface area contributed by atoms with Gasteiger partial charge in [0.15, 0.2) is 69.8 Å². The maximum absolute atomic E-state index is 15.9. The molecule has 0 radical (unpaired) electrons. The normalized spacial score (nSPS) is 12.0. The number of H-pyrrole nitrogens is 2. The monoisotopic (exact) mass is 934 g/mol. The molecule has 0 amide bonds. The van der Waals surface area contributed by atoms with Crippen LogP contribution >= 0.6 is 0 Å². The standard InChI is InChI=1S/C46H13F15N6/c47-32-29(33(48)39(54)44(59)38(32)53)26-18-6-4-16(64-18)25(24-14(12-62)2-1-3-15(24)13-63)17-5-7-19(65-17)27(30-34(49)40(55)45(60)41(56)35(30)50)21-9-11-23(67-21)28(22-10-8-20(26)66-22)31-36(51)42(57)46(61)43(58)37(31)52/h1-11,64-65H. The Labute approximate surface area is 362 Å². The maximum Gasteiger partial charge on any atom is 0.200 e. The molecule has 8 bridgehead atoms. The Balaban J connectivity index is 1.60. The zero-order chi connectivity index (χ0) is 48.1. The second-order valence-electron chi connectivity index (χ2n) is 14.3. The van der Waals surface area contributed by atoms with Crippen LogP contribution in [0.5, 0.6) is 0 Å². The van der Waals surface area contributed by atoms with Crippen molar-refractivity contribution in [3.05, 3.63) is 164 Å².